The van der Waals surface area contributed by atoms with Crippen LogP contribution >= 0.6 is 0 Å². The molecule has 1 aliphatic rings. The summed E-state index contributed by atoms with van der Waals surface area (Å²) in [5, 5.41) is 15.2. The molecular formula is C26H39NO2Si. The third kappa shape index (κ3) is 5.61. The van der Waals surface area contributed by atoms with Gasteiger partial charge in [0.15, 0.2) is 0 Å². The maximum atomic E-state index is 9.09. The van der Waals surface area contributed by atoms with E-state index in [1.165, 1.54) is 42.5 Å². The van der Waals surface area contributed by atoms with Crippen LogP contribution in [0.2, 0.25) is 5.04 Å². The number of benzene rings is 2. The summed E-state index contributed by atoms with van der Waals surface area (Å²) in [4.78, 5) is 0. The van der Waals surface area contributed by atoms with Gasteiger partial charge in [0, 0.05) is 18.7 Å². The first-order valence-corrected chi connectivity index (χ1v) is 13.5. The fraction of sp³-hybridized carbons (Fsp3) is 0.538. The van der Waals surface area contributed by atoms with Crippen molar-refractivity contribution in [1.82, 2.24) is 5.32 Å². The lowest BCUT2D eigenvalue weighted by atomic mass is 10.1. The van der Waals surface area contributed by atoms with E-state index in [0.29, 0.717) is 12.1 Å². The molecule has 3 nitrogen and oxygen atoms in total. The Kier molecular flexibility index (Phi) is 8.29. The van der Waals surface area contributed by atoms with Crippen molar-refractivity contribution >= 4 is 18.7 Å². The molecule has 0 saturated carbocycles. The van der Waals surface area contributed by atoms with Crippen LogP contribution in [0.25, 0.3) is 0 Å². The van der Waals surface area contributed by atoms with Crippen LogP contribution in [-0.2, 0) is 4.43 Å². The highest BCUT2D eigenvalue weighted by Crippen LogP contribution is 2.36. The van der Waals surface area contributed by atoms with Crippen LogP contribution < -0.4 is 15.7 Å². The molecule has 0 unspecified atom stereocenters. The lowest BCUT2D eigenvalue weighted by Crippen LogP contribution is -2.66. The number of unbranched alkanes of at least 4 members (excludes halogenated alkanes) is 4. The molecule has 0 aliphatic carbocycles. The topological polar surface area (TPSA) is 51.4 Å². The molecule has 3 rings (SSSR count). The predicted molar refractivity (Wildman–Crippen MR) is 129 cm³/mol. The highest BCUT2D eigenvalue weighted by atomic mass is 28.4. The standard InChI is InChI=1S/C26H39NO2Si/c1-26(2,3)30(22-15-9-7-10-16-22,23-17-11-8-12-18-23)29-20-14-6-4-5-13-19-24-25(21-28)27-24/h7-12,15-18,24-25,27-28H,4-6,13-14,19-21H2,1-3H3/t24-,25-/m0/s1. The monoisotopic (exact) mass is 425 g/mol. The van der Waals surface area contributed by atoms with E-state index in [0.717, 1.165) is 13.0 Å². The fourth-order valence-electron chi connectivity index (χ4n) is 4.67. The van der Waals surface area contributed by atoms with Gasteiger partial charge in [-0.05, 0) is 28.3 Å². The predicted octanol–water partition coefficient (Wildman–Crippen LogP) is 4.24. The Labute approximate surface area is 184 Å². The number of hydrogen-bond acceptors (Lipinski definition) is 3. The summed E-state index contributed by atoms with van der Waals surface area (Å²) < 4.78 is 6.95. The Morgan fingerprint density at radius 1 is 0.800 bits per heavy atom. The third-order valence-corrected chi connectivity index (χ3v) is 11.4. The summed E-state index contributed by atoms with van der Waals surface area (Å²) in [6.07, 6.45) is 7.33. The van der Waals surface area contributed by atoms with Gasteiger partial charge in [-0.3, -0.25) is 0 Å². The average molecular weight is 426 g/mol. The van der Waals surface area contributed by atoms with Crippen molar-refractivity contribution in [2.75, 3.05) is 13.2 Å². The fourth-order valence-corrected chi connectivity index (χ4v) is 9.27. The van der Waals surface area contributed by atoms with Gasteiger partial charge in [0.05, 0.1) is 6.61 Å². The zero-order valence-corrected chi connectivity index (χ0v) is 19.9. The van der Waals surface area contributed by atoms with Crippen molar-refractivity contribution in [3.63, 3.8) is 0 Å². The number of hydrogen-bond donors (Lipinski definition) is 2. The highest BCUT2D eigenvalue weighted by molar-refractivity contribution is 6.99. The molecule has 2 aromatic rings. The summed E-state index contributed by atoms with van der Waals surface area (Å²) in [5.74, 6) is 0. The second kappa shape index (κ2) is 10.7. The molecule has 0 aromatic heterocycles. The summed E-state index contributed by atoms with van der Waals surface area (Å²) in [6, 6.07) is 22.7. The van der Waals surface area contributed by atoms with Crippen LogP contribution in [-0.4, -0.2) is 38.7 Å². The summed E-state index contributed by atoms with van der Waals surface area (Å²) in [5.41, 5.74) is 0. The second-order valence-electron chi connectivity index (χ2n) is 9.63. The quantitative estimate of drug-likeness (QED) is 0.304. The van der Waals surface area contributed by atoms with Crippen LogP contribution in [0.5, 0.6) is 0 Å². The molecule has 1 saturated heterocycles. The van der Waals surface area contributed by atoms with Crippen LogP contribution in [0.1, 0.15) is 59.3 Å². The van der Waals surface area contributed by atoms with Crippen LogP contribution in [0.3, 0.4) is 0 Å². The minimum Gasteiger partial charge on any atom is -0.407 e. The first kappa shape index (κ1) is 23.2. The van der Waals surface area contributed by atoms with Crippen molar-refractivity contribution in [3.8, 4) is 0 Å². The molecular weight excluding hydrogens is 386 g/mol. The molecule has 1 aliphatic heterocycles. The zero-order chi connectivity index (χ0) is 21.5. The maximum Gasteiger partial charge on any atom is 0.261 e. The maximum absolute atomic E-state index is 9.09. The minimum absolute atomic E-state index is 0.0518. The minimum atomic E-state index is -2.38. The van der Waals surface area contributed by atoms with Gasteiger partial charge in [-0.25, -0.2) is 0 Å². The number of aliphatic hydroxyl groups is 1. The normalized spacial score (nSPS) is 19.1. The van der Waals surface area contributed by atoms with Crippen molar-refractivity contribution in [1.29, 1.82) is 0 Å². The summed E-state index contributed by atoms with van der Waals surface area (Å²) in [7, 11) is -2.38. The Morgan fingerprint density at radius 3 is 1.83 bits per heavy atom. The van der Waals surface area contributed by atoms with Gasteiger partial charge >= 0.3 is 0 Å². The van der Waals surface area contributed by atoms with E-state index in [1.54, 1.807) is 0 Å². The molecule has 1 fully saturated rings. The Morgan fingerprint density at radius 2 is 1.33 bits per heavy atom. The van der Waals surface area contributed by atoms with E-state index in [1.807, 2.05) is 0 Å². The molecule has 0 bridgehead atoms. The van der Waals surface area contributed by atoms with Crippen molar-refractivity contribution in [2.24, 2.45) is 0 Å². The third-order valence-electron chi connectivity index (χ3n) is 6.40. The number of nitrogens with one attached hydrogen (secondary N) is 1. The summed E-state index contributed by atoms with van der Waals surface area (Å²) >= 11 is 0. The van der Waals surface area contributed by atoms with E-state index in [9.17, 15) is 0 Å². The van der Waals surface area contributed by atoms with Crippen molar-refractivity contribution in [3.05, 3.63) is 60.7 Å². The van der Waals surface area contributed by atoms with Gasteiger partial charge in [-0.1, -0.05) is 107 Å². The molecule has 2 atom stereocenters. The van der Waals surface area contributed by atoms with Crippen LogP contribution in [0, 0.1) is 0 Å². The molecule has 0 amide bonds. The molecule has 164 valence electrons. The van der Waals surface area contributed by atoms with Gasteiger partial charge in [0.1, 0.15) is 0 Å². The van der Waals surface area contributed by atoms with E-state index >= 15 is 0 Å². The number of rotatable bonds is 12. The van der Waals surface area contributed by atoms with Crippen LogP contribution in [0.15, 0.2) is 60.7 Å². The largest absolute Gasteiger partial charge is 0.407 e. The summed E-state index contributed by atoms with van der Waals surface area (Å²) in [6.45, 7) is 8.12. The van der Waals surface area contributed by atoms with Crippen molar-refractivity contribution in [2.45, 2.75) is 76.4 Å². The molecule has 4 heteroatoms. The molecule has 0 radical (unpaired) electrons. The smallest absolute Gasteiger partial charge is 0.261 e. The second-order valence-corrected chi connectivity index (χ2v) is 13.9. The Hall–Kier alpha value is -1.46. The molecule has 2 N–H and O–H groups in total. The van der Waals surface area contributed by atoms with Crippen molar-refractivity contribution < 1.29 is 9.53 Å². The first-order chi connectivity index (χ1) is 14.5. The lowest BCUT2D eigenvalue weighted by Gasteiger charge is -2.43. The van der Waals surface area contributed by atoms with Gasteiger partial charge < -0.3 is 14.8 Å². The van der Waals surface area contributed by atoms with E-state index in [-0.39, 0.29) is 11.6 Å². The molecule has 0 spiro atoms. The first-order valence-electron chi connectivity index (χ1n) is 11.6. The molecule has 30 heavy (non-hydrogen) atoms. The SMILES string of the molecule is CC(C)(C)[Si](OCCCCCCC[C@@H]1N[C@H]1CO)(c1ccccc1)c1ccccc1. The van der Waals surface area contributed by atoms with Gasteiger partial charge in [-0.2, -0.15) is 0 Å². The van der Waals surface area contributed by atoms with Gasteiger partial charge in [0.25, 0.3) is 8.32 Å². The molecule has 2 aromatic carbocycles. The van der Waals surface area contributed by atoms with Crippen LogP contribution in [0.4, 0.5) is 0 Å². The highest BCUT2D eigenvalue weighted by Gasteiger charge is 2.49. The zero-order valence-electron chi connectivity index (χ0n) is 18.9. The van der Waals surface area contributed by atoms with E-state index < -0.39 is 8.32 Å². The average Bonchev–Trinajstić information content (AvgIpc) is 3.52. The van der Waals surface area contributed by atoms with E-state index in [2.05, 4.69) is 86.8 Å². The molecule has 1 heterocycles. The Balaban J connectivity index is 1.57. The van der Waals surface area contributed by atoms with Gasteiger partial charge in [-0.15, -0.1) is 0 Å². The van der Waals surface area contributed by atoms with Gasteiger partial charge in [0.2, 0.25) is 0 Å². The number of aliphatic hydroxyl groups excluding tert-OH is 1. The Bertz CT molecular complexity index is 705. The lowest BCUT2D eigenvalue weighted by molar-refractivity contribution is 0.286. The van der Waals surface area contributed by atoms with E-state index in [4.69, 9.17) is 9.53 Å².